The second kappa shape index (κ2) is 6.85. The van der Waals surface area contributed by atoms with Crippen molar-refractivity contribution < 1.29 is 18.0 Å². The van der Waals surface area contributed by atoms with Crippen LogP contribution in [0.5, 0.6) is 0 Å². The zero-order chi connectivity index (χ0) is 21.0. The molecular formula is C21H16ClF2NO3S. The number of likely N-dealkylation sites (N-methyl/N-ethyl adjacent to an activating group) is 1. The lowest BCUT2D eigenvalue weighted by molar-refractivity contribution is -0.125. The van der Waals surface area contributed by atoms with E-state index in [0.29, 0.717) is 38.3 Å². The normalized spacial score (nSPS) is 19.1. The van der Waals surface area contributed by atoms with E-state index in [4.69, 9.17) is 16.0 Å². The third-order valence-corrected chi connectivity index (χ3v) is 6.32. The minimum atomic E-state index is -3.23. The summed E-state index contributed by atoms with van der Waals surface area (Å²) in [5.74, 6) is -0.500. The Morgan fingerprint density at radius 3 is 2.55 bits per heavy atom. The van der Waals surface area contributed by atoms with Crippen LogP contribution < -0.4 is 10.5 Å². The molecule has 0 bridgehead atoms. The summed E-state index contributed by atoms with van der Waals surface area (Å²) in [6.07, 6.45) is -0.714. The molecule has 1 aliphatic rings. The largest absolute Gasteiger partial charge is 0.423 e. The van der Waals surface area contributed by atoms with Crippen molar-refractivity contribution in [1.29, 1.82) is 0 Å². The second-order valence-corrected chi connectivity index (χ2v) is 8.90. The molecule has 0 spiro atoms. The summed E-state index contributed by atoms with van der Waals surface area (Å²) in [5.41, 5.74) is -1.04. The van der Waals surface area contributed by atoms with Crippen LogP contribution in [0.3, 0.4) is 0 Å². The minimum Gasteiger partial charge on any atom is -0.423 e. The highest BCUT2D eigenvalue weighted by atomic mass is 35.5. The van der Waals surface area contributed by atoms with E-state index in [1.54, 1.807) is 30.3 Å². The number of nitrogens with zero attached hydrogens (tertiary/aromatic N) is 1. The van der Waals surface area contributed by atoms with E-state index in [-0.39, 0.29) is 5.58 Å². The van der Waals surface area contributed by atoms with Crippen molar-refractivity contribution in [3.63, 3.8) is 0 Å². The monoisotopic (exact) mass is 435 g/mol. The van der Waals surface area contributed by atoms with Gasteiger partial charge in [-0.25, -0.2) is 4.79 Å². The predicted octanol–water partition coefficient (Wildman–Crippen LogP) is 5.46. The molecule has 2 aromatic carbocycles. The van der Waals surface area contributed by atoms with Crippen molar-refractivity contribution in [3.05, 3.63) is 69.5 Å². The van der Waals surface area contributed by atoms with Crippen LogP contribution in [0.15, 0.2) is 62.6 Å². The molecule has 0 fully saturated rings. The van der Waals surface area contributed by atoms with Crippen molar-refractivity contribution in [1.82, 2.24) is 0 Å². The SMILES string of the molecule is CN1C(=O)C(C)(CC(F)(F)Sc2ccc(Cl)cc2)c2cccc3oc(=O)cc1c23. The van der Waals surface area contributed by atoms with E-state index in [1.807, 2.05) is 0 Å². The molecule has 0 radical (unpaired) electrons. The summed E-state index contributed by atoms with van der Waals surface area (Å²) in [5, 5.41) is -2.27. The first-order valence-corrected chi connectivity index (χ1v) is 9.98. The standard InChI is InChI=1S/C21H16ClF2NO3S/c1-20(11-21(23,24)29-13-8-6-12(22)7-9-13)14-4-3-5-16-18(14)15(10-17(26)28-16)25(2)19(20)27/h3-10H,11H2,1-2H3. The summed E-state index contributed by atoms with van der Waals surface area (Å²) >= 11 is 6.21. The van der Waals surface area contributed by atoms with Crippen LogP contribution in [-0.4, -0.2) is 18.2 Å². The summed E-state index contributed by atoms with van der Waals surface area (Å²) in [6, 6.07) is 12.2. The molecular weight excluding hydrogens is 420 g/mol. The highest BCUT2D eigenvalue weighted by molar-refractivity contribution is 8.00. The number of thioether (sulfide) groups is 1. The van der Waals surface area contributed by atoms with Gasteiger partial charge in [-0.1, -0.05) is 35.5 Å². The maximum Gasteiger partial charge on any atom is 0.338 e. The Kier molecular flexibility index (Phi) is 4.70. The molecule has 1 atom stereocenters. The number of carbonyl (C=O) groups is 1. The molecule has 0 aliphatic carbocycles. The van der Waals surface area contributed by atoms with Gasteiger partial charge in [-0.05, 0) is 42.8 Å². The number of hydrogen-bond donors (Lipinski definition) is 0. The second-order valence-electron chi connectivity index (χ2n) is 7.20. The highest BCUT2D eigenvalue weighted by Gasteiger charge is 2.50. The fourth-order valence-corrected chi connectivity index (χ4v) is 4.92. The van der Waals surface area contributed by atoms with Crippen molar-refractivity contribution in [2.75, 3.05) is 11.9 Å². The first kappa shape index (κ1) is 19.9. The Morgan fingerprint density at radius 2 is 1.86 bits per heavy atom. The fraction of sp³-hybridized carbons (Fsp3) is 0.238. The lowest BCUT2D eigenvalue weighted by Gasteiger charge is -2.40. The number of halogens is 3. The van der Waals surface area contributed by atoms with E-state index in [1.165, 1.54) is 37.1 Å². The van der Waals surface area contributed by atoms with Gasteiger partial charge in [-0.3, -0.25) is 4.79 Å². The van der Waals surface area contributed by atoms with Gasteiger partial charge >= 0.3 is 5.63 Å². The van der Waals surface area contributed by atoms with Crippen LogP contribution >= 0.6 is 23.4 Å². The number of carbonyl (C=O) groups excluding carboxylic acids is 1. The van der Waals surface area contributed by atoms with E-state index in [9.17, 15) is 9.59 Å². The molecule has 8 heteroatoms. The van der Waals surface area contributed by atoms with Crippen LogP contribution in [0.4, 0.5) is 14.5 Å². The van der Waals surface area contributed by atoms with E-state index < -0.39 is 28.6 Å². The Morgan fingerprint density at radius 1 is 1.17 bits per heavy atom. The average molecular weight is 436 g/mol. The fourth-order valence-electron chi connectivity index (χ4n) is 3.81. The number of benzene rings is 2. The molecule has 1 unspecified atom stereocenters. The molecule has 0 saturated heterocycles. The molecule has 0 N–H and O–H groups in total. The van der Waals surface area contributed by atoms with E-state index >= 15 is 8.78 Å². The molecule has 4 nitrogen and oxygen atoms in total. The van der Waals surface area contributed by atoms with Crippen LogP contribution in [0.25, 0.3) is 11.0 Å². The van der Waals surface area contributed by atoms with Crippen LogP contribution in [0.2, 0.25) is 5.02 Å². The molecule has 4 rings (SSSR count). The van der Waals surface area contributed by atoms with Crippen molar-refractivity contribution in [3.8, 4) is 0 Å². The highest BCUT2D eigenvalue weighted by Crippen LogP contribution is 2.50. The van der Waals surface area contributed by atoms with Gasteiger partial charge < -0.3 is 9.32 Å². The number of anilines is 1. The number of amides is 1. The van der Waals surface area contributed by atoms with Gasteiger partial charge in [-0.15, -0.1) is 0 Å². The summed E-state index contributed by atoms with van der Waals surface area (Å²) in [4.78, 5) is 26.6. The van der Waals surface area contributed by atoms with Gasteiger partial charge in [0.2, 0.25) is 5.91 Å². The number of rotatable bonds is 4. The van der Waals surface area contributed by atoms with E-state index in [2.05, 4.69) is 0 Å². The molecule has 29 heavy (non-hydrogen) atoms. The maximum absolute atomic E-state index is 15.0. The molecule has 150 valence electrons. The van der Waals surface area contributed by atoms with Gasteiger partial charge in [0.25, 0.3) is 5.25 Å². The molecule has 0 saturated carbocycles. The Hall–Kier alpha value is -2.38. The van der Waals surface area contributed by atoms with Gasteiger partial charge in [0.05, 0.1) is 11.1 Å². The third-order valence-electron chi connectivity index (χ3n) is 5.12. The molecule has 2 heterocycles. The van der Waals surface area contributed by atoms with Crippen LogP contribution in [-0.2, 0) is 10.2 Å². The summed E-state index contributed by atoms with van der Waals surface area (Å²) in [6.45, 7) is 1.50. The summed E-state index contributed by atoms with van der Waals surface area (Å²) in [7, 11) is 1.48. The maximum atomic E-state index is 15.0. The lowest BCUT2D eigenvalue weighted by Crippen LogP contribution is -2.49. The van der Waals surface area contributed by atoms with Crippen LogP contribution in [0.1, 0.15) is 18.9 Å². The molecule has 1 amide bonds. The third kappa shape index (κ3) is 3.42. The van der Waals surface area contributed by atoms with E-state index in [0.717, 1.165) is 0 Å². The predicted molar refractivity (Wildman–Crippen MR) is 110 cm³/mol. The quantitative estimate of drug-likeness (QED) is 0.403. The zero-order valence-electron chi connectivity index (χ0n) is 15.5. The van der Waals surface area contributed by atoms with Crippen molar-refractivity contribution in [2.45, 2.75) is 28.9 Å². The van der Waals surface area contributed by atoms with Gasteiger partial charge in [0.1, 0.15) is 5.58 Å². The first-order valence-electron chi connectivity index (χ1n) is 8.79. The lowest BCUT2D eigenvalue weighted by atomic mass is 9.74. The topological polar surface area (TPSA) is 50.5 Å². The average Bonchev–Trinajstić information content (AvgIpc) is 2.65. The zero-order valence-corrected chi connectivity index (χ0v) is 17.1. The molecule has 1 aromatic heterocycles. The van der Waals surface area contributed by atoms with Crippen molar-refractivity contribution >= 4 is 45.9 Å². The smallest absolute Gasteiger partial charge is 0.338 e. The Labute approximate surface area is 174 Å². The number of alkyl halides is 2. The Balaban J connectivity index is 1.79. The van der Waals surface area contributed by atoms with Gasteiger partial charge in [0.15, 0.2) is 0 Å². The summed E-state index contributed by atoms with van der Waals surface area (Å²) < 4.78 is 35.3. The van der Waals surface area contributed by atoms with Crippen LogP contribution in [0, 0.1) is 0 Å². The number of hydrogen-bond acceptors (Lipinski definition) is 4. The first-order chi connectivity index (χ1) is 13.6. The van der Waals surface area contributed by atoms with Crippen molar-refractivity contribution in [2.24, 2.45) is 0 Å². The molecule has 1 aliphatic heterocycles. The Bertz CT molecular complexity index is 1180. The minimum absolute atomic E-state index is 0.268. The molecule has 3 aromatic rings. The van der Waals surface area contributed by atoms with Gasteiger partial charge in [0, 0.05) is 34.8 Å². The van der Waals surface area contributed by atoms with Gasteiger partial charge in [-0.2, -0.15) is 8.78 Å².